The summed E-state index contributed by atoms with van der Waals surface area (Å²) in [4.78, 5) is 3.85. The third-order valence-electron chi connectivity index (χ3n) is 3.08. The summed E-state index contributed by atoms with van der Waals surface area (Å²) in [5.41, 5.74) is 0. The summed E-state index contributed by atoms with van der Waals surface area (Å²) < 4.78 is 26.5. The highest BCUT2D eigenvalue weighted by molar-refractivity contribution is 7.89. The van der Waals surface area contributed by atoms with Crippen molar-refractivity contribution >= 4 is 21.6 Å². The molecule has 0 radical (unpaired) electrons. The quantitative estimate of drug-likeness (QED) is 0.816. The van der Waals surface area contributed by atoms with Crippen molar-refractivity contribution < 1.29 is 13.5 Å². The Morgan fingerprint density at radius 3 is 2.89 bits per heavy atom. The smallest absolute Gasteiger partial charge is 0.240 e. The number of nitrogens with one attached hydrogen (secondary N) is 1. The van der Waals surface area contributed by atoms with E-state index in [1.807, 2.05) is 0 Å². The number of rotatable bonds is 4. The molecule has 0 bridgehead atoms. The molecule has 2 atom stereocenters. The average Bonchev–Trinajstić information content (AvgIpc) is 2.73. The van der Waals surface area contributed by atoms with Crippen LogP contribution in [0.4, 0.5) is 0 Å². The van der Waals surface area contributed by atoms with Gasteiger partial charge in [0, 0.05) is 12.7 Å². The molecule has 1 heterocycles. The predicted octanol–water partition coefficient (Wildman–Crippen LogP) is 1.17. The van der Waals surface area contributed by atoms with Gasteiger partial charge in [-0.1, -0.05) is 11.6 Å². The van der Waals surface area contributed by atoms with Crippen LogP contribution in [0.15, 0.2) is 23.2 Å². The first-order valence-electron chi connectivity index (χ1n) is 5.76. The molecule has 1 aromatic heterocycles. The van der Waals surface area contributed by atoms with Gasteiger partial charge in [-0.05, 0) is 37.3 Å². The molecule has 2 rings (SSSR count). The van der Waals surface area contributed by atoms with Crippen molar-refractivity contribution in [3.8, 4) is 0 Å². The zero-order valence-corrected chi connectivity index (χ0v) is 11.3. The number of pyridine rings is 1. The zero-order chi connectivity index (χ0) is 13.2. The van der Waals surface area contributed by atoms with Gasteiger partial charge in [-0.3, -0.25) is 0 Å². The second-order valence-electron chi connectivity index (χ2n) is 4.50. The maximum atomic E-state index is 12.0. The van der Waals surface area contributed by atoms with Gasteiger partial charge in [0.1, 0.15) is 5.15 Å². The molecule has 1 aliphatic rings. The molecule has 1 aliphatic carbocycles. The van der Waals surface area contributed by atoms with Crippen molar-refractivity contribution in [1.82, 2.24) is 9.71 Å². The molecule has 0 aliphatic heterocycles. The minimum Gasteiger partial charge on any atom is -0.393 e. The van der Waals surface area contributed by atoms with E-state index >= 15 is 0 Å². The largest absolute Gasteiger partial charge is 0.393 e. The highest BCUT2D eigenvalue weighted by atomic mass is 35.5. The SMILES string of the molecule is O=S(=O)(NCC1CCC(O)C1)c1ccnc(Cl)c1. The molecule has 18 heavy (non-hydrogen) atoms. The van der Waals surface area contributed by atoms with Crippen LogP contribution in [0.5, 0.6) is 0 Å². The van der Waals surface area contributed by atoms with E-state index in [-0.39, 0.29) is 22.1 Å². The summed E-state index contributed by atoms with van der Waals surface area (Å²) in [6.07, 6.45) is 3.30. The van der Waals surface area contributed by atoms with Gasteiger partial charge >= 0.3 is 0 Å². The topological polar surface area (TPSA) is 79.3 Å². The number of aliphatic hydroxyl groups is 1. The Bertz CT molecular complexity index is 521. The minimum atomic E-state index is -3.54. The van der Waals surface area contributed by atoms with Gasteiger partial charge in [0.25, 0.3) is 0 Å². The number of hydrogen-bond acceptors (Lipinski definition) is 4. The van der Waals surface area contributed by atoms with Crippen molar-refractivity contribution in [2.24, 2.45) is 5.92 Å². The van der Waals surface area contributed by atoms with Crippen LogP contribution in [-0.4, -0.2) is 31.2 Å². The Morgan fingerprint density at radius 2 is 2.28 bits per heavy atom. The lowest BCUT2D eigenvalue weighted by atomic mass is 10.1. The number of hydrogen-bond donors (Lipinski definition) is 2. The van der Waals surface area contributed by atoms with Crippen LogP contribution in [0, 0.1) is 5.92 Å². The van der Waals surface area contributed by atoms with Crippen molar-refractivity contribution in [3.05, 3.63) is 23.5 Å². The van der Waals surface area contributed by atoms with Crippen LogP contribution >= 0.6 is 11.6 Å². The van der Waals surface area contributed by atoms with Gasteiger partial charge in [-0.2, -0.15) is 0 Å². The second kappa shape index (κ2) is 5.52. The molecule has 1 fully saturated rings. The molecule has 5 nitrogen and oxygen atoms in total. The molecule has 2 N–H and O–H groups in total. The van der Waals surface area contributed by atoms with E-state index in [0.29, 0.717) is 13.0 Å². The molecule has 1 aromatic rings. The third kappa shape index (κ3) is 3.41. The minimum absolute atomic E-state index is 0.112. The Labute approximate surface area is 111 Å². The van der Waals surface area contributed by atoms with Gasteiger partial charge in [0.2, 0.25) is 10.0 Å². The Hall–Kier alpha value is -0.690. The van der Waals surface area contributed by atoms with Crippen LogP contribution in [0.2, 0.25) is 5.15 Å². The summed E-state index contributed by atoms with van der Waals surface area (Å²) in [5.74, 6) is 0.201. The van der Waals surface area contributed by atoms with Crippen LogP contribution in [0.25, 0.3) is 0 Å². The molecule has 0 saturated heterocycles. The van der Waals surface area contributed by atoms with Crippen LogP contribution < -0.4 is 4.72 Å². The molecular formula is C11H15ClN2O3S. The summed E-state index contributed by atoms with van der Waals surface area (Å²) >= 11 is 5.66. The Kier molecular flexibility index (Phi) is 4.21. The van der Waals surface area contributed by atoms with Crippen LogP contribution in [0.3, 0.4) is 0 Å². The van der Waals surface area contributed by atoms with E-state index in [0.717, 1.165) is 12.8 Å². The average molecular weight is 291 g/mol. The monoisotopic (exact) mass is 290 g/mol. The van der Waals surface area contributed by atoms with Crippen molar-refractivity contribution in [2.75, 3.05) is 6.54 Å². The fraction of sp³-hybridized carbons (Fsp3) is 0.545. The fourth-order valence-electron chi connectivity index (χ4n) is 2.10. The number of aliphatic hydroxyl groups excluding tert-OH is 1. The first-order chi connectivity index (χ1) is 8.47. The van der Waals surface area contributed by atoms with Gasteiger partial charge < -0.3 is 5.11 Å². The van der Waals surface area contributed by atoms with E-state index in [2.05, 4.69) is 9.71 Å². The lowest BCUT2D eigenvalue weighted by Gasteiger charge is -2.11. The van der Waals surface area contributed by atoms with E-state index in [4.69, 9.17) is 11.6 Å². The molecule has 0 amide bonds. The molecule has 100 valence electrons. The van der Waals surface area contributed by atoms with E-state index in [1.165, 1.54) is 18.3 Å². The van der Waals surface area contributed by atoms with Crippen molar-refractivity contribution in [3.63, 3.8) is 0 Å². The Morgan fingerprint density at radius 1 is 1.50 bits per heavy atom. The number of sulfonamides is 1. The highest BCUT2D eigenvalue weighted by Crippen LogP contribution is 2.25. The lowest BCUT2D eigenvalue weighted by Crippen LogP contribution is -2.28. The Balaban J connectivity index is 1.99. The highest BCUT2D eigenvalue weighted by Gasteiger charge is 2.24. The van der Waals surface area contributed by atoms with Crippen LogP contribution in [-0.2, 0) is 10.0 Å². The molecule has 0 aromatic carbocycles. The second-order valence-corrected chi connectivity index (χ2v) is 6.65. The maximum absolute atomic E-state index is 12.0. The van der Waals surface area contributed by atoms with E-state index in [1.54, 1.807) is 0 Å². The van der Waals surface area contributed by atoms with E-state index < -0.39 is 10.0 Å². The molecular weight excluding hydrogens is 276 g/mol. The van der Waals surface area contributed by atoms with E-state index in [9.17, 15) is 13.5 Å². The van der Waals surface area contributed by atoms with Gasteiger partial charge in [0.15, 0.2) is 0 Å². The zero-order valence-electron chi connectivity index (χ0n) is 9.71. The summed E-state index contributed by atoms with van der Waals surface area (Å²) in [6, 6.07) is 2.71. The predicted molar refractivity (Wildman–Crippen MR) is 67.8 cm³/mol. The molecule has 0 spiro atoms. The maximum Gasteiger partial charge on any atom is 0.240 e. The van der Waals surface area contributed by atoms with Gasteiger partial charge in [-0.15, -0.1) is 0 Å². The third-order valence-corrected chi connectivity index (χ3v) is 4.71. The molecule has 7 heteroatoms. The summed E-state index contributed by atoms with van der Waals surface area (Å²) in [7, 11) is -3.54. The standard InChI is InChI=1S/C11H15ClN2O3S/c12-11-6-10(3-4-13-11)18(16,17)14-7-8-1-2-9(15)5-8/h3-4,6,8-9,14-15H,1-2,5,7H2. The van der Waals surface area contributed by atoms with Gasteiger partial charge in [0.05, 0.1) is 11.0 Å². The van der Waals surface area contributed by atoms with Gasteiger partial charge in [-0.25, -0.2) is 18.1 Å². The first-order valence-corrected chi connectivity index (χ1v) is 7.63. The number of nitrogens with zero attached hydrogens (tertiary/aromatic N) is 1. The summed E-state index contributed by atoms with van der Waals surface area (Å²) in [6.45, 7) is 0.347. The fourth-order valence-corrected chi connectivity index (χ4v) is 3.46. The van der Waals surface area contributed by atoms with Crippen LogP contribution in [0.1, 0.15) is 19.3 Å². The number of aromatic nitrogens is 1. The normalized spacial score (nSPS) is 24.3. The molecule has 1 saturated carbocycles. The number of halogens is 1. The molecule has 2 unspecified atom stereocenters. The first kappa shape index (κ1) is 13.7. The lowest BCUT2D eigenvalue weighted by molar-refractivity contribution is 0.178. The van der Waals surface area contributed by atoms with Crippen molar-refractivity contribution in [1.29, 1.82) is 0 Å². The van der Waals surface area contributed by atoms with Crippen molar-refractivity contribution in [2.45, 2.75) is 30.3 Å². The summed E-state index contributed by atoms with van der Waals surface area (Å²) in [5, 5.41) is 9.53.